The lowest BCUT2D eigenvalue weighted by Gasteiger charge is -2.13. The van der Waals surface area contributed by atoms with Gasteiger partial charge in [-0.2, -0.15) is 0 Å². The van der Waals surface area contributed by atoms with Gasteiger partial charge in [0, 0.05) is 28.6 Å². The number of benzene rings is 2. The Bertz CT molecular complexity index is 676. The fourth-order valence-electron chi connectivity index (χ4n) is 1.94. The zero-order valence-corrected chi connectivity index (χ0v) is 13.6. The van der Waals surface area contributed by atoms with E-state index in [2.05, 4.69) is 15.9 Å². The number of non-ortho nitro benzene ring substituents is 1. The van der Waals surface area contributed by atoms with Gasteiger partial charge in [-0.1, -0.05) is 45.7 Å². The normalized spacial score (nSPS) is 10.4. The Morgan fingerprint density at radius 2 is 2.05 bits per heavy atom. The van der Waals surface area contributed by atoms with Crippen LogP contribution in [-0.4, -0.2) is 4.92 Å². The Labute approximate surface area is 136 Å². The van der Waals surface area contributed by atoms with E-state index in [0.29, 0.717) is 15.9 Å². The molecule has 0 radical (unpaired) electrons. The van der Waals surface area contributed by atoms with E-state index < -0.39 is 4.92 Å². The molecule has 110 valence electrons. The molecule has 2 aromatic rings. The molecule has 6 heteroatoms. The molecule has 0 unspecified atom stereocenters. The molecule has 0 aliphatic rings. The van der Waals surface area contributed by atoms with Crippen molar-refractivity contribution in [2.45, 2.75) is 18.9 Å². The van der Waals surface area contributed by atoms with Crippen molar-refractivity contribution >= 4 is 33.2 Å². The first-order valence-electron chi connectivity index (χ1n) is 6.23. The zero-order chi connectivity index (χ0) is 15.4. The third kappa shape index (κ3) is 3.74. The van der Waals surface area contributed by atoms with Crippen LogP contribution in [0.3, 0.4) is 0 Å². The van der Waals surface area contributed by atoms with Crippen molar-refractivity contribution in [1.29, 1.82) is 0 Å². The molecule has 21 heavy (non-hydrogen) atoms. The highest BCUT2D eigenvalue weighted by molar-refractivity contribution is 9.08. The number of hydrogen-bond donors (Lipinski definition) is 0. The molecule has 0 atom stereocenters. The summed E-state index contributed by atoms with van der Waals surface area (Å²) in [6, 6.07) is 10.3. The highest BCUT2D eigenvalue weighted by Gasteiger charge is 2.11. The molecule has 0 N–H and O–H groups in total. The monoisotopic (exact) mass is 369 g/mol. The number of aryl methyl sites for hydroxylation is 1. The molecule has 0 fully saturated rings. The van der Waals surface area contributed by atoms with Gasteiger partial charge in [0.25, 0.3) is 5.69 Å². The number of hydrogen-bond acceptors (Lipinski definition) is 3. The Morgan fingerprint density at radius 1 is 1.29 bits per heavy atom. The largest absolute Gasteiger partial charge is 0.488 e. The minimum Gasteiger partial charge on any atom is -0.488 e. The minimum absolute atomic E-state index is 0.0270. The van der Waals surface area contributed by atoms with Gasteiger partial charge in [0.2, 0.25) is 0 Å². The molecule has 0 saturated carbocycles. The molecule has 0 saturated heterocycles. The smallest absolute Gasteiger partial charge is 0.270 e. The summed E-state index contributed by atoms with van der Waals surface area (Å²) in [5.74, 6) is 0.809. The van der Waals surface area contributed by atoms with Gasteiger partial charge in [-0.3, -0.25) is 10.1 Å². The molecule has 0 amide bonds. The van der Waals surface area contributed by atoms with E-state index in [1.807, 2.05) is 25.1 Å². The lowest BCUT2D eigenvalue weighted by atomic mass is 10.1. The first-order valence-corrected chi connectivity index (χ1v) is 7.73. The van der Waals surface area contributed by atoms with Crippen LogP contribution in [0.5, 0.6) is 5.75 Å². The van der Waals surface area contributed by atoms with E-state index in [1.165, 1.54) is 12.1 Å². The van der Waals surface area contributed by atoms with Crippen molar-refractivity contribution in [3.8, 4) is 5.75 Å². The van der Waals surface area contributed by atoms with Crippen LogP contribution in [0.15, 0.2) is 36.4 Å². The van der Waals surface area contributed by atoms with Gasteiger partial charge >= 0.3 is 0 Å². The van der Waals surface area contributed by atoms with Crippen LogP contribution in [-0.2, 0) is 11.9 Å². The molecule has 2 aromatic carbocycles. The molecule has 0 aliphatic carbocycles. The van der Waals surface area contributed by atoms with E-state index in [4.69, 9.17) is 16.3 Å². The standard InChI is InChI=1S/C15H13BrClNO3/c1-10-3-2-4-11(8-16)15(10)21-9-12-5-6-13(18(19)20)7-14(12)17/h2-7H,8-9H2,1H3. The number of ether oxygens (including phenoxy) is 1. The third-order valence-corrected chi connectivity index (χ3v) is 4.01. The summed E-state index contributed by atoms with van der Waals surface area (Å²) in [5.41, 5.74) is 2.77. The SMILES string of the molecule is Cc1cccc(CBr)c1OCc1ccc([N+](=O)[O-])cc1Cl. The molecule has 0 spiro atoms. The summed E-state index contributed by atoms with van der Waals surface area (Å²) in [4.78, 5) is 10.2. The van der Waals surface area contributed by atoms with Crippen LogP contribution >= 0.6 is 27.5 Å². The van der Waals surface area contributed by atoms with Gasteiger partial charge in [0.05, 0.1) is 9.95 Å². The van der Waals surface area contributed by atoms with Gasteiger partial charge in [-0.25, -0.2) is 0 Å². The Balaban J connectivity index is 2.19. The number of nitro groups is 1. The molecule has 0 heterocycles. The second-order valence-corrected chi connectivity index (χ2v) is 5.49. The predicted molar refractivity (Wildman–Crippen MR) is 86.2 cm³/mol. The zero-order valence-electron chi connectivity index (χ0n) is 11.3. The van der Waals surface area contributed by atoms with Crippen LogP contribution in [0.1, 0.15) is 16.7 Å². The lowest BCUT2D eigenvalue weighted by molar-refractivity contribution is -0.384. The van der Waals surface area contributed by atoms with Crippen LogP contribution in [0.4, 0.5) is 5.69 Å². The number of para-hydroxylation sites is 1. The Kier molecular flexibility index (Phi) is 5.20. The van der Waals surface area contributed by atoms with Crippen molar-refractivity contribution in [3.63, 3.8) is 0 Å². The summed E-state index contributed by atoms with van der Waals surface area (Å²) in [7, 11) is 0. The molecule has 0 bridgehead atoms. The number of alkyl halides is 1. The summed E-state index contributed by atoms with van der Waals surface area (Å²) >= 11 is 9.49. The Morgan fingerprint density at radius 3 is 2.67 bits per heavy atom. The van der Waals surface area contributed by atoms with Crippen molar-refractivity contribution in [2.75, 3.05) is 0 Å². The van der Waals surface area contributed by atoms with Crippen molar-refractivity contribution in [1.82, 2.24) is 0 Å². The second-order valence-electron chi connectivity index (χ2n) is 4.52. The average Bonchev–Trinajstić information content (AvgIpc) is 2.46. The maximum absolute atomic E-state index is 10.7. The number of nitrogens with zero attached hydrogens (tertiary/aromatic N) is 1. The summed E-state index contributed by atoms with van der Waals surface area (Å²) in [6.07, 6.45) is 0. The van der Waals surface area contributed by atoms with Crippen molar-refractivity contribution < 1.29 is 9.66 Å². The maximum Gasteiger partial charge on any atom is 0.270 e. The van der Waals surface area contributed by atoms with E-state index in [1.54, 1.807) is 6.07 Å². The Hall–Kier alpha value is -1.59. The van der Waals surface area contributed by atoms with E-state index in [0.717, 1.165) is 16.9 Å². The topological polar surface area (TPSA) is 52.4 Å². The minimum atomic E-state index is -0.471. The third-order valence-electron chi connectivity index (χ3n) is 3.06. The number of halogens is 2. The lowest BCUT2D eigenvalue weighted by Crippen LogP contribution is -2.01. The average molecular weight is 371 g/mol. The predicted octanol–water partition coefficient (Wildman–Crippen LogP) is 5.03. The van der Waals surface area contributed by atoms with Gasteiger partial charge in [0.1, 0.15) is 12.4 Å². The number of rotatable bonds is 5. The molecular formula is C15H13BrClNO3. The second kappa shape index (κ2) is 6.91. The van der Waals surface area contributed by atoms with Gasteiger partial charge in [-0.05, 0) is 18.6 Å². The summed E-state index contributed by atoms with van der Waals surface area (Å²) in [5, 5.41) is 11.7. The highest BCUT2D eigenvalue weighted by Crippen LogP contribution is 2.28. The van der Waals surface area contributed by atoms with E-state index >= 15 is 0 Å². The van der Waals surface area contributed by atoms with Crippen molar-refractivity contribution in [3.05, 3.63) is 68.2 Å². The van der Waals surface area contributed by atoms with Crippen molar-refractivity contribution in [2.24, 2.45) is 0 Å². The number of nitro benzene ring substituents is 1. The molecule has 0 aliphatic heterocycles. The van der Waals surface area contributed by atoms with Crippen LogP contribution < -0.4 is 4.74 Å². The fourth-order valence-corrected chi connectivity index (χ4v) is 2.61. The van der Waals surface area contributed by atoms with Gasteiger partial charge < -0.3 is 4.74 Å². The van der Waals surface area contributed by atoms with Gasteiger partial charge in [-0.15, -0.1) is 0 Å². The summed E-state index contributed by atoms with van der Waals surface area (Å²) < 4.78 is 5.84. The maximum atomic E-state index is 10.7. The van der Waals surface area contributed by atoms with Gasteiger partial charge in [0.15, 0.2) is 0 Å². The quantitative estimate of drug-likeness (QED) is 0.421. The van der Waals surface area contributed by atoms with E-state index in [9.17, 15) is 10.1 Å². The van der Waals surface area contributed by atoms with Crippen LogP contribution in [0, 0.1) is 17.0 Å². The molecule has 4 nitrogen and oxygen atoms in total. The summed E-state index contributed by atoms with van der Waals surface area (Å²) in [6.45, 7) is 2.24. The molecule has 2 rings (SSSR count). The molecular weight excluding hydrogens is 358 g/mol. The van der Waals surface area contributed by atoms with Crippen LogP contribution in [0.2, 0.25) is 5.02 Å². The highest BCUT2D eigenvalue weighted by atomic mass is 79.9. The molecule has 0 aromatic heterocycles. The first-order chi connectivity index (χ1) is 10.0. The first kappa shape index (κ1) is 15.8. The van der Waals surface area contributed by atoms with Crippen LogP contribution in [0.25, 0.3) is 0 Å². The van der Waals surface area contributed by atoms with E-state index in [-0.39, 0.29) is 12.3 Å². The fraction of sp³-hybridized carbons (Fsp3) is 0.200.